The lowest BCUT2D eigenvalue weighted by atomic mass is 10.2. The molecule has 6 heteroatoms. The van der Waals surface area contributed by atoms with Crippen molar-refractivity contribution in [1.29, 1.82) is 0 Å². The molecule has 1 heterocycles. The van der Waals surface area contributed by atoms with Crippen LogP contribution in [0.5, 0.6) is 0 Å². The Labute approximate surface area is 161 Å². The van der Waals surface area contributed by atoms with E-state index >= 15 is 0 Å². The summed E-state index contributed by atoms with van der Waals surface area (Å²) in [5.41, 5.74) is 1.06. The summed E-state index contributed by atoms with van der Waals surface area (Å²) < 4.78 is 33.1. The molecular weight excluding hydrogens is 360 g/mol. The highest BCUT2D eigenvalue weighted by Gasteiger charge is 2.24. The predicted octanol–water partition coefficient (Wildman–Crippen LogP) is 2.72. The Kier molecular flexibility index (Phi) is 7.18. The van der Waals surface area contributed by atoms with Crippen LogP contribution in [0.2, 0.25) is 0 Å². The van der Waals surface area contributed by atoms with Gasteiger partial charge >= 0.3 is 0 Å². The van der Waals surface area contributed by atoms with Crippen molar-refractivity contribution >= 4 is 16.1 Å². The number of rotatable bonds is 8. The van der Waals surface area contributed by atoms with E-state index in [1.54, 1.807) is 28.6 Å². The second-order valence-electron chi connectivity index (χ2n) is 6.44. The highest BCUT2D eigenvalue weighted by molar-refractivity contribution is 7.89. The maximum atomic E-state index is 13.1. The van der Waals surface area contributed by atoms with Gasteiger partial charge in [-0.2, -0.15) is 4.31 Å². The second kappa shape index (κ2) is 9.80. The van der Waals surface area contributed by atoms with Gasteiger partial charge in [0.2, 0.25) is 10.0 Å². The number of sulfonamides is 1. The SMILES string of the molecule is O=S(=O)(c1ccccc1)N(C/C=C/c1ccccc1)CCN1CCOCC1. The van der Waals surface area contributed by atoms with Gasteiger partial charge < -0.3 is 4.74 Å². The van der Waals surface area contributed by atoms with Gasteiger partial charge in [0.1, 0.15) is 0 Å². The van der Waals surface area contributed by atoms with E-state index in [1.165, 1.54) is 0 Å². The summed E-state index contributed by atoms with van der Waals surface area (Å²) >= 11 is 0. The number of hydrogen-bond donors (Lipinski definition) is 0. The van der Waals surface area contributed by atoms with Crippen LogP contribution < -0.4 is 0 Å². The molecule has 3 rings (SSSR count). The largest absolute Gasteiger partial charge is 0.379 e. The van der Waals surface area contributed by atoms with Crippen LogP contribution in [0.1, 0.15) is 5.56 Å². The summed E-state index contributed by atoms with van der Waals surface area (Å²) in [6.45, 7) is 4.61. The maximum absolute atomic E-state index is 13.1. The summed E-state index contributed by atoms with van der Waals surface area (Å²) in [6, 6.07) is 18.5. The highest BCUT2D eigenvalue weighted by atomic mass is 32.2. The first kappa shape index (κ1) is 19.8. The third-order valence-electron chi connectivity index (χ3n) is 4.57. The van der Waals surface area contributed by atoms with Gasteiger partial charge in [0, 0.05) is 32.7 Å². The molecule has 2 aromatic carbocycles. The fraction of sp³-hybridized carbons (Fsp3) is 0.333. The predicted molar refractivity (Wildman–Crippen MR) is 108 cm³/mol. The van der Waals surface area contributed by atoms with Crippen LogP contribution in [-0.2, 0) is 14.8 Å². The van der Waals surface area contributed by atoms with Crippen molar-refractivity contribution in [2.24, 2.45) is 0 Å². The van der Waals surface area contributed by atoms with Crippen LogP contribution in [0.4, 0.5) is 0 Å². The molecule has 0 aromatic heterocycles. The van der Waals surface area contributed by atoms with E-state index in [4.69, 9.17) is 4.74 Å². The Balaban J connectivity index is 1.72. The van der Waals surface area contributed by atoms with Gasteiger partial charge in [-0.25, -0.2) is 8.42 Å². The average Bonchev–Trinajstić information content (AvgIpc) is 2.72. The van der Waals surface area contributed by atoms with Gasteiger partial charge in [-0.15, -0.1) is 0 Å². The van der Waals surface area contributed by atoms with Crippen LogP contribution >= 0.6 is 0 Å². The van der Waals surface area contributed by atoms with Gasteiger partial charge in [0.05, 0.1) is 18.1 Å². The lowest BCUT2D eigenvalue weighted by molar-refractivity contribution is 0.0365. The van der Waals surface area contributed by atoms with Gasteiger partial charge in [0.15, 0.2) is 0 Å². The van der Waals surface area contributed by atoms with Crippen LogP contribution in [-0.4, -0.2) is 63.6 Å². The molecule has 0 unspecified atom stereocenters. The number of morpholine rings is 1. The summed E-state index contributed by atoms with van der Waals surface area (Å²) in [7, 11) is -3.53. The quantitative estimate of drug-likeness (QED) is 0.700. The average molecular weight is 387 g/mol. The molecule has 0 amide bonds. The zero-order valence-electron chi connectivity index (χ0n) is 15.4. The molecule has 2 aromatic rings. The van der Waals surface area contributed by atoms with Crippen molar-refractivity contribution in [3.8, 4) is 0 Å². The van der Waals surface area contributed by atoms with Crippen molar-refractivity contribution < 1.29 is 13.2 Å². The minimum atomic E-state index is -3.53. The van der Waals surface area contributed by atoms with E-state index in [9.17, 15) is 8.42 Å². The van der Waals surface area contributed by atoms with Gasteiger partial charge in [-0.05, 0) is 17.7 Å². The number of hydrogen-bond acceptors (Lipinski definition) is 4. The van der Waals surface area contributed by atoms with E-state index in [0.717, 1.165) is 18.7 Å². The molecule has 0 bridgehead atoms. The van der Waals surface area contributed by atoms with Crippen LogP contribution in [0.3, 0.4) is 0 Å². The molecule has 0 N–H and O–H groups in total. The smallest absolute Gasteiger partial charge is 0.243 e. The third kappa shape index (κ3) is 5.74. The normalized spacial score (nSPS) is 16.2. The molecule has 1 aliphatic rings. The summed E-state index contributed by atoms with van der Waals surface area (Å²) in [6.07, 6.45) is 3.87. The van der Waals surface area contributed by atoms with Crippen LogP contribution in [0, 0.1) is 0 Å². The minimum Gasteiger partial charge on any atom is -0.379 e. The molecule has 5 nitrogen and oxygen atoms in total. The Morgan fingerprint density at radius 1 is 0.963 bits per heavy atom. The van der Waals surface area contributed by atoms with Crippen molar-refractivity contribution in [3.05, 3.63) is 72.3 Å². The van der Waals surface area contributed by atoms with E-state index in [1.807, 2.05) is 48.6 Å². The van der Waals surface area contributed by atoms with Gasteiger partial charge in [0.25, 0.3) is 0 Å². The van der Waals surface area contributed by atoms with Crippen molar-refractivity contribution in [1.82, 2.24) is 9.21 Å². The van der Waals surface area contributed by atoms with E-state index in [0.29, 0.717) is 37.7 Å². The first-order valence-corrected chi connectivity index (χ1v) is 10.7. The van der Waals surface area contributed by atoms with Crippen LogP contribution in [0.25, 0.3) is 6.08 Å². The Morgan fingerprint density at radius 3 is 2.26 bits per heavy atom. The third-order valence-corrected chi connectivity index (χ3v) is 6.45. The monoisotopic (exact) mass is 386 g/mol. The Bertz CT molecular complexity index is 817. The molecule has 1 aliphatic heterocycles. The van der Waals surface area contributed by atoms with E-state index < -0.39 is 10.0 Å². The zero-order chi connectivity index (χ0) is 19.0. The summed E-state index contributed by atoms with van der Waals surface area (Å²) in [5.74, 6) is 0. The number of benzene rings is 2. The molecule has 0 radical (unpaired) electrons. The fourth-order valence-electron chi connectivity index (χ4n) is 3.00. The molecule has 1 fully saturated rings. The van der Waals surface area contributed by atoms with Gasteiger partial charge in [-0.3, -0.25) is 4.90 Å². The summed E-state index contributed by atoms with van der Waals surface area (Å²) in [5, 5.41) is 0. The topological polar surface area (TPSA) is 49.9 Å². The molecule has 0 aliphatic carbocycles. The van der Waals surface area contributed by atoms with Gasteiger partial charge in [-0.1, -0.05) is 60.7 Å². The summed E-state index contributed by atoms with van der Waals surface area (Å²) in [4.78, 5) is 2.58. The van der Waals surface area contributed by atoms with Crippen molar-refractivity contribution in [2.75, 3.05) is 45.9 Å². The molecule has 0 spiro atoms. The standard InChI is InChI=1S/C21H26N2O3S/c24-27(25,21-11-5-2-6-12-21)23(15-14-22-16-18-26-19-17-22)13-7-10-20-8-3-1-4-9-20/h1-12H,13-19H2/b10-7+. The van der Waals surface area contributed by atoms with Crippen molar-refractivity contribution in [3.63, 3.8) is 0 Å². The Morgan fingerprint density at radius 2 is 1.59 bits per heavy atom. The van der Waals surface area contributed by atoms with E-state index in [2.05, 4.69) is 4.90 Å². The zero-order valence-corrected chi connectivity index (χ0v) is 16.2. The number of nitrogens with zero attached hydrogens (tertiary/aromatic N) is 2. The fourth-order valence-corrected chi connectivity index (χ4v) is 4.40. The van der Waals surface area contributed by atoms with Crippen molar-refractivity contribution in [2.45, 2.75) is 4.90 Å². The molecule has 0 atom stereocenters. The molecule has 27 heavy (non-hydrogen) atoms. The highest BCUT2D eigenvalue weighted by Crippen LogP contribution is 2.16. The second-order valence-corrected chi connectivity index (χ2v) is 8.38. The lowest BCUT2D eigenvalue weighted by Gasteiger charge is -2.29. The molecule has 1 saturated heterocycles. The van der Waals surface area contributed by atoms with Crippen LogP contribution in [0.15, 0.2) is 71.6 Å². The Hall–Kier alpha value is -1.99. The first-order chi connectivity index (χ1) is 13.2. The first-order valence-electron chi connectivity index (χ1n) is 9.23. The maximum Gasteiger partial charge on any atom is 0.243 e. The molecule has 144 valence electrons. The molecular formula is C21H26N2O3S. The lowest BCUT2D eigenvalue weighted by Crippen LogP contribution is -2.43. The molecule has 0 saturated carbocycles. The number of ether oxygens (including phenoxy) is 1. The van der Waals surface area contributed by atoms with E-state index in [-0.39, 0.29) is 0 Å². The minimum absolute atomic E-state index is 0.333.